The van der Waals surface area contributed by atoms with Crippen LogP contribution in [-0.4, -0.2) is 10.9 Å². The summed E-state index contributed by atoms with van der Waals surface area (Å²) in [5.74, 6) is -0.595. The second kappa shape index (κ2) is 5.09. The highest BCUT2D eigenvalue weighted by Crippen LogP contribution is 2.23. The van der Waals surface area contributed by atoms with Crippen LogP contribution in [0.5, 0.6) is 0 Å². The first-order chi connectivity index (χ1) is 9.63. The molecule has 20 heavy (non-hydrogen) atoms. The van der Waals surface area contributed by atoms with Crippen LogP contribution in [0.1, 0.15) is 10.5 Å². The Hall–Kier alpha value is -2.14. The number of hydrogen-bond acceptors (Lipinski definition) is 1. The van der Waals surface area contributed by atoms with Crippen LogP contribution in [0.2, 0.25) is 0 Å². The van der Waals surface area contributed by atoms with Gasteiger partial charge in [-0.3, -0.25) is 4.79 Å². The summed E-state index contributed by atoms with van der Waals surface area (Å²) in [6.07, 6.45) is 0. The van der Waals surface area contributed by atoms with Gasteiger partial charge in [0.05, 0.1) is 5.69 Å². The topological polar surface area (TPSA) is 44.9 Å². The average Bonchev–Trinajstić information content (AvgIpc) is 2.84. The van der Waals surface area contributed by atoms with E-state index in [1.807, 2.05) is 18.2 Å². The van der Waals surface area contributed by atoms with Gasteiger partial charge in [-0.1, -0.05) is 12.1 Å². The molecule has 2 N–H and O–H groups in total. The Bertz CT molecular complexity index is 797. The van der Waals surface area contributed by atoms with Crippen LogP contribution in [0.25, 0.3) is 10.9 Å². The van der Waals surface area contributed by atoms with Gasteiger partial charge in [-0.15, -0.1) is 0 Å². The molecule has 0 atom stereocenters. The van der Waals surface area contributed by atoms with Crippen molar-refractivity contribution < 1.29 is 9.18 Å². The first-order valence-electron chi connectivity index (χ1n) is 5.97. The Balaban J connectivity index is 1.91. The summed E-state index contributed by atoms with van der Waals surface area (Å²) in [7, 11) is 0. The largest absolute Gasteiger partial charge is 0.351 e. The molecule has 0 fully saturated rings. The number of H-pyrrole nitrogens is 1. The van der Waals surface area contributed by atoms with E-state index >= 15 is 0 Å². The molecular weight excluding hydrogens is 323 g/mol. The average molecular weight is 333 g/mol. The molecule has 3 rings (SSSR count). The molecule has 100 valence electrons. The minimum Gasteiger partial charge on any atom is -0.351 e. The molecule has 0 aliphatic rings. The van der Waals surface area contributed by atoms with Crippen molar-refractivity contribution in [3.05, 3.63) is 64.5 Å². The lowest BCUT2D eigenvalue weighted by Gasteiger charge is -2.05. The van der Waals surface area contributed by atoms with Crippen molar-refractivity contribution in [2.24, 2.45) is 0 Å². The summed E-state index contributed by atoms with van der Waals surface area (Å²) in [4.78, 5) is 15.1. The lowest BCUT2D eigenvalue weighted by Crippen LogP contribution is -2.12. The molecule has 0 aliphatic carbocycles. The molecule has 0 radical (unpaired) electrons. The van der Waals surface area contributed by atoms with Crippen molar-refractivity contribution in [2.45, 2.75) is 0 Å². The molecule has 0 bridgehead atoms. The predicted octanol–water partition coefficient (Wildman–Crippen LogP) is 4.32. The van der Waals surface area contributed by atoms with E-state index in [1.54, 1.807) is 18.2 Å². The molecule has 1 aromatic heterocycles. The van der Waals surface area contributed by atoms with Gasteiger partial charge in [0, 0.05) is 15.4 Å². The lowest BCUT2D eigenvalue weighted by atomic mass is 10.2. The first-order valence-corrected chi connectivity index (χ1v) is 6.77. The third-order valence-corrected chi connectivity index (χ3v) is 3.64. The standard InChI is InChI=1S/C15H10BrFN2O/c16-11-3-1-2-4-13(11)19-15(20)14-8-9-7-10(17)5-6-12(9)18-14/h1-8,18H,(H,19,20). The highest BCUT2D eigenvalue weighted by atomic mass is 79.9. The predicted molar refractivity (Wildman–Crippen MR) is 80.4 cm³/mol. The normalized spacial score (nSPS) is 10.7. The van der Waals surface area contributed by atoms with Crippen molar-refractivity contribution in [3.63, 3.8) is 0 Å². The van der Waals surface area contributed by atoms with Gasteiger partial charge in [-0.05, 0) is 52.3 Å². The van der Waals surface area contributed by atoms with E-state index < -0.39 is 0 Å². The van der Waals surface area contributed by atoms with Gasteiger partial charge in [0.2, 0.25) is 0 Å². The third-order valence-electron chi connectivity index (χ3n) is 2.95. The Morgan fingerprint density at radius 1 is 1.15 bits per heavy atom. The Morgan fingerprint density at radius 3 is 2.75 bits per heavy atom. The molecule has 0 saturated carbocycles. The van der Waals surface area contributed by atoms with Crippen molar-refractivity contribution in [3.8, 4) is 0 Å². The number of hydrogen-bond donors (Lipinski definition) is 2. The fraction of sp³-hybridized carbons (Fsp3) is 0. The minimum absolute atomic E-state index is 0.270. The molecule has 1 amide bonds. The van der Waals surface area contributed by atoms with Gasteiger partial charge in [0.1, 0.15) is 11.5 Å². The second-order valence-electron chi connectivity index (χ2n) is 4.35. The minimum atomic E-state index is -0.325. The van der Waals surface area contributed by atoms with Crippen molar-refractivity contribution in [1.29, 1.82) is 0 Å². The number of carbonyl (C=O) groups excluding carboxylic acids is 1. The first kappa shape index (κ1) is 12.9. The number of fused-ring (bicyclic) bond motifs is 1. The highest BCUT2D eigenvalue weighted by Gasteiger charge is 2.11. The van der Waals surface area contributed by atoms with Crippen LogP contribution >= 0.6 is 15.9 Å². The Kier molecular flexibility index (Phi) is 3.28. The number of carbonyl (C=O) groups is 1. The lowest BCUT2D eigenvalue weighted by molar-refractivity contribution is 0.102. The van der Waals surface area contributed by atoms with Crippen molar-refractivity contribution in [2.75, 3.05) is 5.32 Å². The van der Waals surface area contributed by atoms with Crippen LogP contribution in [-0.2, 0) is 0 Å². The summed E-state index contributed by atoms with van der Waals surface area (Å²) >= 11 is 3.37. The summed E-state index contributed by atoms with van der Waals surface area (Å²) < 4.78 is 13.9. The van der Waals surface area contributed by atoms with Gasteiger partial charge in [0.25, 0.3) is 5.91 Å². The second-order valence-corrected chi connectivity index (χ2v) is 5.20. The number of benzene rings is 2. The zero-order valence-corrected chi connectivity index (χ0v) is 11.9. The zero-order valence-electron chi connectivity index (χ0n) is 10.3. The summed E-state index contributed by atoms with van der Waals surface area (Å²) in [5.41, 5.74) is 1.80. The number of aromatic amines is 1. The van der Waals surface area contributed by atoms with Crippen LogP contribution in [0.3, 0.4) is 0 Å². The number of para-hydroxylation sites is 1. The highest BCUT2D eigenvalue weighted by molar-refractivity contribution is 9.10. The van der Waals surface area contributed by atoms with E-state index in [0.717, 1.165) is 9.99 Å². The van der Waals surface area contributed by atoms with Crippen LogP contribution in [0.15, 0.2) is 53.0 Å². The molecule has 0 aliphatic heterocycles. The molecule has 3 aromatic rings. The maximum atomic E-state index is 13.1. The fourth-order valence-electron chi connectivity index (χ4n) is 1.98. The van der Waals surface area contributed by atoms with Crippen LogP contribution < -0.4 is 5.32 Å². The molecule has 1 heterocycles. The van der Waals surface area contributed by atoms with E-state index in [1.165, 1.54) is 12.1 Å². The van der Waals surface area contributed by atoms with Gasteiger partial charge < -0.3 is 10.3 Å². The van der Waals surface area contributed by atoms with Crippen LogP contribution in [0.4, 0.5) is 10.1 Å². The molecule has 2 aromatic carbocycles. The summed E-state index contributed by atoms with van der Waals surface area (Å²) in [5, 5.41) is 3.46. The van der Waals surface area contributed by atoms with E-state index in [0.29, 0.717) is 16.8 Å². The van der Waals surface area contributed by atoms with E-state index in [9.17, 15) is 9.18 Å². The molecule has 0 spiro atoms. The van der Waals surface area contributed by atoms with Gasteiger partial charge in [0.15, 0.2) is 0 Å². The Morgan fingerprint density at radius 2 is 1.95 bits per heavy atom. The number of anilines is 1. The van der Waals surface area contributed by atoms with Gasteiger partial charge in [-0.25, -0.2) is 4.39 Å². The van der Waals surface area contributed by atoms with E-state index in [4.69, 9.17) is 0 Å². The number of amides is 1. The van der Waals surface area contributed by atoms with Gasteiger partial charge in [-0.2, -0.15) is 0 Å². The number of halogens is 2. The number of aromatic nitrogens is 1. The smallest absolute Gasteiger partial charge is 0.272 e. The Labute approximate surface area is 122 Å². The van der Waals surface area contributed by atoms with Crippen LogP contribution in [0, 0.1) is 5.82 Å². The SMILES string of the molecule is O=C(Nc1ccccc1Br)c1cc2cc(F)ccc2[nH]1. The van der Waals surface area contributed by atoms with E-state index in [-0.39, 0.29) is 11.7 Å². The zero-order chi connectivity index (χ0) is 14.1. The molecule has 0 unspecified atom stereocenters. The summed E-state index contributed by atoms with van der Waals surface area (Å²) in [6, 6.07) is 13.3. The third kappa shape index (κ3) is 2.44. The quantitative estimate of drug-likeness (QED) is 0.721. The monoisotopic (exact) mass is 332 g/mol. The maximum absolute atomic E-state index is 13.1. The maximum Gasteiger partial charge on any atom is 0.272 e. The molecule has 0 saturated heterocycles. The van der Waals surface area contributed by atoms with Crippen molar-refractivity contribution in [1.82, 2.24) is 4.98 Å². The molecular formula is C15H10BrFN2O. The van der Waals surface area contributed by atoms with Crippen molar-refractivity contribution >= 4 is 38.4 Å². The summed E-state index contributed by atoms with van der Waals surface area (Å²) in [6.45, 7) is 0. The number of rotatable bonds is 2. The van der Waals surface area contributed by atoms with E-state index in [2.05, 4.69) is 26.2 Å². The fourth-order valence-corrected chi connectivity index (χ4v) is 2.36. The number of nitrogens with one attached hydrogen (secondary N) is 2. The molecule has 5 heteroatoms. The van der Waals surface area contributed by atoms with Gasteiger partial charge >= 0.3 is 0 Å². The molecule has 3 nitrogen and oxygen atoms in total.